The molecule has 198 valence electrons. The van der Waals surface area contributed by atoms with Gasteiger partial charge in [-0.2, -0.15) is 0 Å². The summed E-state index contributed by atoms with van der Waals surface area (Å²) in [6.45, 7) is 13.8. The molecule has 0 amide bonds. The summed E-state index contributed by atoms with van der Waals surface area (Å²) in [5.74, 6) is 0. The molecule has 0 saturated heterocycles. The SMILES string of the molecule is CC(C)(C)c1cc2ccc3cc4oc5cc6ccc7cc(C(C)(C)C)cc8ccc(c6c78)c5c4c4ccc(c1)c2c34. The normalized spacial score (nSPS) is 13.6. The Bertz CT molecular complexity index is 2310. The van der Waals surface area contributed by atoms with Crippen molar-refractivity contribution < 1.29 is 4.42 Å². The van der Waals surface area contributed by atoms with Gasteiger partial charge >= 0.3 is 0 Å². The minimum Gasteiger partial charge on any atom is -0.456 e. The largest absolute Gasteiger partial charge is 0.456 e. The van der Waals surface area contributed by atoms with Crippen LogP contribution in [-0.4, -0.2) is 0 Å². The zero-order valence-electron chi connectivity index (χ0n) is 24.5. The highest BCUT2D eigenvalue weighted by Crippen LogP contribution is 2.47. The highest BCUT2D eigenvalue weighted by atomic mass is 16.3. The van der Waals surface area contributed by atoms with Crippen molar-refractivity contribution in [3.63, 3.8) is 0 Å². The van der Waals surface area contributed by atoms with Gasteiger partial charge in [-0.15, -0.1) is 0 Å². The van der Waals surface area contributed by atoms with Crippen LogP contribution in [0, 0.1) is 0 Å². The van der Waals surface area contributed by atoms with Gasteiger partial charge in [0.2, 0.25) is 0 Å². The molecule has 0 aliphatic heterocycles. The second kappa shape index (κ2) is 7.28. The summed E-state index contributed by atoms with van der Waals surface area (Å²) in [5, 5.41) is 18.2. The van der Waals surface area contributed by atoms with Gasteiger partial charge in [0.05, 0.1) is 0 Å². The van der Waals surface area contributed by atoms with Crippen molar-refractivity contribution in [1.82, 2.24) is 0 Å². The molecule has 1 heteroatoms. The third-order valence-corrected chi connectivity index (χ3v) is 9.57. The van der Waals surface area contributed by atoms with Crippen LogP contribution in [0.3, 0.4) is 0 Å². The first-order chi connectivity index (χ1) is 19.6. The predicted octanol–water partition coefficient (Wildman–Crippen LogP) is 12.0. The molecule has 0 fully saturated rings. The molecule has 0 N–H and O–H groups in total. The lowest BCUT2D eigenvalue weighted by molar-refractivity contribution is 0.591. The molecule has 41 heavy (non-hydrogen) atoms. The van der Waals surface area contributed by atoms with E-state index in [1.165, 1.54) is 86.5 Å². The molecule has 0 aliphatic rings. The summed E-state index contributed by atoms with van der Waals surface area (Å²) in [7, 11) is 0. The van der Waals surface area contributed by atoms with E-state index in [1.54, 1.807) is 0 Å². The Morgan fingerprint density at radius 2 is 0.683 bits per heavy atom. The molecular formula is C40H32O. The molecule has 0 bridgehead atoms. The van der Waals surface area contributed by atoms with E-state index >= 15 is 0 Å². The molecule has 0 unspecified atom stereocenters. The number of benzene rings is 8. The van der Waals surface area contributed by atoms with Gasteiger partial charge in [-0.1, -0.05) is 114 Å². The average molecular weight is 529 g/mol. The molecule has 1 heterocycles. The second-order valence-electron chi connectivity index (χ2n) is 14.3. The summed E-state index contributed by atoms with van der Waals surface area (Å²) < 4.78 is 6.68. The summed E-state index contributed by atoms with van der Waals surface area (Å²) in [6.07, 6.45) is 0. The van der Waals surface area contributed by atoms with Crippen LogP contribution in [0.2, 0.25) is 0 Å². The van der Waals surface area contributed by atoms with Crippen LogP contribution in [-0.2, 0) is 10.8 Å². The van der Waals surface area contributed by atoms with E-state index in [1.807, 2.05) is 0 Å². The first-order valence-corrected chi connectivity index (χ1v) is 14.8. The molecule has 8 aromatic carbocycles. The maximum absolute atomic E-state index is 6.68. The fourth-order valence-corrected chi connectivity index (χ4v) is 7.40. The van der Waals surface area contributed by atoms with Crippen LogP contribution < -0.4 is 0 Å². The Morgan fingerprint density at radius 1 is 0.366 bits per heavy atom. The van der Waals surface area contributed by atoms with Crippen molar-refractivity contribution in [3.05, 3.63) is 96.1 Å². The topological polar surface area (TPSA) is 13.1 Å². The quantitative estimate of drug-likeness (QED) is 0.178. The molecule has 1 aromatic heterocycles. The van der Waals surface area contributed by atoms with Crippen LogP contribution in [0.5, 0.6) is 0 Å². The van der Waals surface area contributed by atoms with E-state index in [4.69, 9.17) is 4.42 Å². The van der Waals surface area contributed by atoms with E-state index in [0.29, 0.717) is 0 Å². The van der Waals surface area contributed by atoms with Gasteiger partial charge in [0.1, 0.15) is 11.2 Å². The van der Waals surface area contributed by atoms with E-state index in [-0.39, 0.29) is 10.8 Å². The molecule has 0 atom stereocenters. The average Bonchev–Trinajstić information content (AvgIpc) is 3.30. The van der Waals surface area contributed by atoms with Gasteiger partial charge < -0.3 is 4.42 Å². The highest BCUT2D eigenvalue weighted by Gasteiger charge is 2.23. The van der Waals surface area contributed by atoms with Crippen LogP contribution in [0.4, 0.5) is 0 Å². The van der Waals surface area contributed by atoms with Gasteiger partial charge in [-0.25, -0.2) is 0 Å². The number of furan rings is 1. The van der Waals surface area contributed by atoms with Gasteiger partial charge in [0.15, 0.2) is 0 Å². The van der Waals surface area contributed by atoms with Gasteiger partial charge in [0.25, 0.3) is 0 Å². The number of hydrogen-bond donors (Lipinski definition) is 0. The summed E-state index contributed by atoms with van der Waals surface area (Å²) in [4.78, 5) is 0. The number of hydrogen-bond acceptors (Lipinski definition) is 1. The molecule has 0 saturated carbocycles. The Balaban J connectivity index is 1.46. The van der Waals surface area contributed by atoms with E-state index in [9.17, 15) is 0 Å². The lowest BCUT2D eigenvalue weighted by Gasteiger charge is -2.22. The molecule has 0 aliphatic carbocycles. The standard InChI is InChI=1S/C40H32O/c1-39(2,3)27-15-21-7-9-25-19-31-37(29-13-11-23(17-27)33(21)35(25)29)38-30-14-12-24-18-28(40(4,5)6)16-22-8-10-26(20-32(38)41-31)36(30)34(22)24/h7-20H,1-6H3. The lowest BCUT2D eigenvalue weighted by atomic mass is 9.82. The third-order valence-electron chi connectivity index (χ3n) is 9.57. The fraction of sp³-hybridized carbons (Fsp3) is 0.200. The first kappa shape index (κ1) is 23.4. The maximum Gasteiger partial charge on any atom is 0.136 e. The number of fused-ring (bicyclic) bond motifs is 5. The smallest absolute Gasteiger partial charge is 0.136 e. The molecule has 9 aromatic rings. The third kappa shape index (κ3) is 3.02. The summed E-state index contributed by atoms with van der Waals surface area (Å²) >= 11 is 0. The zero-order valence-corrected chi connectivity index (χ0v) is 24.5. The monoisotopic (exact) mass is 528 g/mol. The molecule has 0 spiro atoms. The molecule has 9 rings (SSSR count). The minimum absolute atomic E-state index is 0.101. The van der Waals surface area contributed by atoms with Gasteiger partial charge in [-0.05, 0) is 98.7 Å². The van der Waals surface area contributed by atoms with Crippen molar-refractivity contribution in [2.75, 3.05) is 0 Å². The minimum atomic E-state index is 0.101. The van der Waals surface area contributed by atoms with Crippen molar-refractivity contribution in [2.24, 2.45) is 0 Å². The van der Waals surface area contributed by atoms with Gasteiger partial charge in [0, 0.05) is 10.8 Å². The molecule has 1 nitrogen and oxygen atoms in total. The van der Waals surface area contributed by atoms with Crippen LogP contribution in [0.25, 0.3) is 86.6 Å². The Hall–Kier alpha value is -4.36. The van der Waals surface area contributed by atoms with Crippen LogP contribution in [0.15, 0.2) is 89.3 Å². The molecular weight excluding hydrogens is 496 g/mol. The van der Waals surface area contributed by atoms with Crippen LogP contribution >= 0.6 is 0 Å². The number of rotatable bonds is 0. The predicted molar refractivity (Wildman–Crippen MR) is 179 cm³/mol. The van der Waals surface area contributed by atoms with Crippen molar-refractivity contribution in [1.29, 1.82) is 0 Å². The Morgan fingerprint density at radius 3 is 1.02 bits per heavy atom. The second-order valence-corrected chi connectivity index (χ2v) is 14.3. The molecule has 0 radical (unpaired) electrons. The summed E-state index contributed by atoms with van der Waals surface area (Å²) in [5.41, 5.74) is 4.88. The van der Waals surface area contributed by atoms with Gasteiger partial charge in [-0.3, -0.25) is 0 Å². The Kier molecular flexibility index (Phi) is 4.15. The summed E-state index contributed by atoms with van der Waals surface area (Å²) in [6, 6.07) is 32.5. The lowest BCUT2D eigenvalue weighted by Crippen LogP contribution is -2.10. The van der Waals surface area contributed by atoms with Crippen LogP contribution in [0.1, 0.15) is 52.7 Å². The highest BCUT2D eigenvalue weighted by molar-refractivity contribution is 6.38. The van der Waals surface area contributed by atoms with E-state index in [2.05, 4.69) is 126 Å². The maximum atomic E-state index is 6.68. The first-order valence-electron chi connectivity index (χ1n) is 14.8. The fourth-order valence-electron chi connectivity index (χ4n) is 7.40. The van der Waals surface area contributed by atoms with Crippen molar-refractivity contribution in [3.8, 4) is 0 Å². The van der Waals surface area contributed by atoms with Crippen molar-refractivity contribution >= 4 is 86.6 Å². The van der Waals surface area contributed by atoms with E-state index in [0.717, 1.165) is 11.2 Å². The van der Waals surface area contributed by atoms with E-state index < -0.39 is 0 Å². The zero-order chi connectivity index (χ0) is 28.0. The Labute approximate surface area is 239 Å². The van der Waals surface area contributed by atoms with Crippen molar-refractivity contribution in [2.45, 2.75) is 52.4 Å².